The summed E-state index contributed by atoms with van der Waals surface area (Å²) in [7, 11) is 0. The number of fused-ring (bicyclic) bond motifs is 2. The molecule has 0 N–H and O–H groups in total. The first-order chi connectivity index (χ1) is 21.5. The molecule has 1 saturated carbocycles. The van der Waals surface area contributed by atoms with E-state index < -0.39 is 0 Å². The Morgan fingerprint density at radius 3 is 2.20 bits per heavy atom. The first-order valence-electron chi connectivity index (χ1n) is 15.1. The van der Waals surface area contributed by atoms with E-state index in [0.717, 1.165) is 25.8 Å². The summed E-state index contributed by atoms with van der Waals surface area (Å²) in [6.45, 7) is 6.33. The van der Waals surface area contributed by atoms with Gasteiger partial charge in [-0.05, 0) is 0 Å². The number of benzene rings is 3. The van der Waals surface area contributed by atoms with Crippen LogP contribution in [-0.4, -0.2) is 13.1 Å². The van der Waals surface area contributed by atoms with Crippen LogP contribution in [0.5, 0.6) is 0 Å². The summed E-state index contributed by atoms with van der Waals surface area (Å²) in [6.07, 6.45) is 21.6. The maximum absolute atomic E-state index is 3.94. The molecule has 3 aromatic carbocycles. The van der Waals surface area contributed by atoms with Gasteiger partial charge in [0, 0.05) is 0 Å². The third kappa shape index (κ3) is 6.26. The summed E-state index contributed by atoms with van der Waals surface area (Å²) >= 11 is 8.37. The van der Waals surface area contributed by atoms with Crippen molar-refractivity contribution >= 4 is 41.1 Å². The van der Waals surface area contributed by atoms with Crippen LogP contribution in [0.2, 0.25) is 0 Å². The van der Waals surface area contributed by atoms with E-state index in [1.807, 2.05) is 6.08 Å². The molecule has 3 aromatic rings. The molecule has 2 unspecified atom stereocenters. The van der Waals surface area contributed by atoms with Gasteiger partial charge >= 0.3 is 291 Å². The topological polar surface area (TPSA) is 6.48 Å². The molecule has 2 atom stereocenters. The van der Waals surface area contributed by atoms with Crippen LogP contribution >= 0.6 is 0 Å². The molecule has 2 aliphatic heterocycles. The Morgan fingerprint density at radius 1 is 0.841 bits per heavy atom. The summed E-state index contributed by atoms with van der Waals surface area (Å²) in [5, 5.41) is 0. The molecule has 0 saturated heterocycles. The zero-order valence-electron chi connectivity index (χ0n) is 24.8. The van der Waals surface area contributed by atoms with Gasteiger partial charge in [0.2, 0.25) is 0 Å². The van der Waals surface area contributed by atoms with E-state index in [-0.39, 0.29) is 0 Å². The normalized spacial score (nSPS) is 21.7. The molecule has 0 amide bonds. The second kappa shape index (κ2) is 14.0. The van der Waals surface area contributed by atoms with Crippen LogP contribution in [0.1, 0.15) is 42.9 Å². The van der Waals surface area contributed by atoms with Crippen molar-refractivity contribution in [3.63, 3.8) is 0 Å². The summed E-state index contributed by atoms with van der Waals surface area (Å²) in [6, 6.07) is 27.9. The van der Waals surface area contributed by atoms with E-state index in [0.29, 0.717) is 5.92 Å². The van der Waals surface area contributed by atoms with Gasteiger partial charge in [-0.25, -0.2) is 0 Å². The van der Waals surface area contributed by atoms with Crippen molar-refractivity contribution in [2.24, 2.45) is 11.8 Å². The third-order valence-corrected chi connectivity index (χ3v) is 10.6. The maximum atomic E-state index is 3.94. The van der Waals surface area contributed by atoms with Crippen LogP contribution in [0, 0.1) is 11.8 Å². The van der Waals surface area contributed by atoms with Crippen LogP contribution in [-0.2, 0) is 50.9 Å². The minimum absolute atomic E-state index is 0.688. The Balaban J connectivity index is 1.34. The Bertz CT molecular complexity index is 1790. The molecule has 213 valence electrons. The van der Waals surface area contributed by atoms with Gasteiger partial charge in [-0.15, -0.1) is 0 Å². The fraction of sp³-hybridized carbons (Fsp3) is 0.154. The van der Waals surface area contributed by atoms with Crippen LogP contribution in [0.25, 0.3) is 16.7 Å². The van der Waals surface area contributed by atoms with Crippen molar-refractivity contribution < 1.29 is 50.9 Å². The molecule has 0 bridgehead atoms. The van der Waals surface area contributed by atoms with Crippen molar-refractivity contribution in [3.8, 4) is 0 Å². The predicted molar refractivity (Wildman–Crippen MR) is 178 cm³/mol. The summed E-state index contributed by atoms with van der Waals surface area (Å²) in [5.41, 5.74) is 9.58. The number of allylic oxidation sites excluding steroid dienone is 7. The van der Waals surface area contributed by atoms with Crippen LogP contribution in [0.4, 0.5) is 11.4 Å². The zero-order chi connectivity index (χ0) is 30.6. The van der Waals surface area contributed by atoms with E-state index >= 15 is 0 Å². The van der Waals surface area contributed by atoms with Gasteiger partial charge < -0.3 is 0 Å². The zero-order valence-corrected chi connectivity index (χ0v) is 29.0. The second-order valence-electron chi connectivity index (χ2n) is 11.4. The quantitative estimate of drug-likeness (QED) is 0.220. The predicted octanol–water partition coefficient (Wildman–Crippen LogP) is 8.60. The molecule has 1 fully saturated rings. The number of nitrogens with zero attached hydrogens (tertiary/aromatic N) is 2. The number of rotatable bonds is 8. The molecular weight excluding hydrogens is 649 g/mol. The molecule has 2 heterocycles. The summed E-state index contributed by atoms with van der Waals surface area (Å²) < 4.78 is 3.41. The van der Waals surface area contributed by atoms with Gasteiger partial charge in [-0.2, -0.15) is 0 Å². The number of anilines is 2. The third-order valence-electron chi connectivity index (χ3n) is 8.67. The van der Waals surface area contributed by atoms with Gasteiger partial charge in [-0.3, -0.25) is 0 Å². The Morgan fingerprint density at radius 2 is 1.50 bits per heavy atom. The molecule has 6 rings (SSSR count). The SMILES string of the molecule is C=CC=C1[C](=[V])N(C=CC(=C[C](=[V+2])N2[C](=[V])C(=CC=CC3CCCC3C)c3ccccc32)c2ccccc2)c2ccccc21. The van der Waals surface area contributed by atoms with Gasteiger partial charge in [0.25, 0.3) is 0 Å². The molecule has 0 spiro atoms. The van der Waals surface area contributed by atoms with E-state index in [2.05, 4.69) is 196 Å². The van der Waals surface area contributed by atoms with Crippen molar-refractivity contribution in [3.05, 3.63) is 151 Å². The Hall–Kier alpha value is -2.94. The molecule has 5 heteroatoms. The summed E-state index contributed by atoms with van der Waals surface area (Å²) in [4.78, 5) is 4.61. The minimum atomic E-state index is 0.688. The van der Waals surface area contributed by atoms with Crippen molar-refractivity contribution in [2.75, 3.05) is 9.80 Å². The fourth-order valence-corrected chi connectivity index (χ4v) is 8.29. The Kier molecular flexibility index (Phi) is 9.89. The first kappa shape index (κ1) is 31.1. The molecule has 0 aromatic heterocycles. The van der Waals surface area contributed by atoms with Crippen molar-refractivity contribution in [2.45, 2.75) is 26.2 Å². The molecule has 2 nitrogen and oxygen atoms in total. The van der Waals surface area contributed by atoms with Crippen LogP contribution < -0.4 is 9.80 Å². The van der Waals surface area contributed by atoms with E-state index in [4.69, 9.17) is 0 Å². The molecular formula is C39H34N2V3+2. The monoisotopic (exact) mass is 683 g/mol. The van der Waals surface area contributed by atoms with E-state index in [1.54, 1.807) is 0 Å². The first-order valence-corrected chi connectivity index (χ1v) is 17.2. The van der Waals surface area contributed by atoms with Gasteiger partial charge in [0.1, 0.15) is 0 Å². The summed E-state index contributed by atoms with van der Waals surface area (Å²) in [5.74, 6) is 1.47. The number of hydrogen-bond acceptors (Lipinski definition) is 2. The molecule has 0 radical (unpaired) electrons. The van der Waals surface area contributed by atoms with E-state index in [9.17, 15) is 0 Å². The average Bonchev–Trinajstić information content (AvgIpc) is 3.67. The van der Waals surface area contributed by atoms with Gasteiger partial charge in [0.15, 0.2) is 0 Å². The molecule has 3 aliphatic rings. The standard InChI is InChI=1S/C39H34N2.3V/c1-3-13-34-28-40(38-22-9-7-20-36(34)38)26-24-33(32-15-5-4-6-16-32)25-27-41-29-35(37-21-8-10-23-39(37)41)19-12-18-31-17-11-14-30(31)2;;;/h3-10,12-13,15-16,18-26,30-31H,1,11,14,17H2,2H3;;;/q;;;+2. The van der Waals surface area contributed by atoms with Crippen LogP contribution in [0.3, 0.4) is 0 Å². The Labute approximate surface area is 288 Å². The number of hydrogen-bond donors (Lipinski definition) is 0. The average molecular weight is 684 g/mol. The fourth-order valence-electron chi connectivity index (χ4n) is 6.33. The second-order valence-corrected chi connectivity index (χ2v) is 13.4. The van der Waals surface area contributed by atoms with Crippen molar-refractivity contribution in [1.82, 2.24) is 0 Å². The van der Waals surface area contributed by atoms with E-state index in [1.165, 1.54) is 57.3 Å². The van der Waals surface area contributed by atoms with Crippen molar-refractivity contribution in [1.29, 1.82) is 0 Å². The van der Waals surface area contributed by atoms with Crippen LogP contribution in [0.15, 0.2) is 134 Å². The molecule has 1 aliphatic carbocycles. The number of para-hydroxylation sites is 2. The molecule has 44 heavy (non-hydrogen) atoms. The van der Waals surface area contributed by atoms with Gasteiger partial charge in [0.05, 0.1) is 0 Å². The van der Waals surface area contributed by atoms with Gasteiger partial charge in [-0.1, -0.05) is 0 Å².